The van der Waals surface area contributed by atoms with Gasteiger partial charge in [-0.2, -0.15) is 0 Å². The van der Waals surface area contributed by atoms with Crippen molar-refractivity contribution < 1.29 is 35.7 Å². The first-order valence-corrected chi connectivity index (χ1v) is 11.2. The van der Waals surface area contributed by atoms with Crippen molar-refractivity contribution in [2.75, 3.05) is 0 Å². The lowest BCUT2D eigenvalue weighted by Gasteiger charge is -2.40. The average molecular weight is 470 g/mol. The van der Waals surface area contributed by atoms with Crippen LogP contribution < -0.4 is 0 Å². The quantitative estimate of drug-likeness (QED) is 0.223. The Morgan fingerprint density at radius 1 is 0.400 bits per heavy atom. The molecule has 176 valence electrons. The van der Waals surface area contributed by atoms with E-state index >= 15 is 0 Å². The Morgan fingerprint density at radius 3 is 1.54 bits per heavy atom. The van der Waals surface area contributed by atoms with Gasteiger partial charge in [-0.25, -0.2) is 0 Å². The highest BCUT2D eigenvalue weighted by Gasteiger charge is 2.54. The Bertz CT molecular complexity index is 1490. The molecule has 6 rings (SSSR count). The normalized spacial score (nSPS) is 21.9. The molecule has 0 unspecified atom stereocenters. The fraction of sp³-hybridized carbons (Fsp3) is 0.143. The number of rotatable bonds is 2. The predicted molar refractivity (Wildman–Crippen MR) is 127 cm³/mol. The van der Waals surface area contributed by atoms with Gasteiger partial charge < -0.3 is 35.7 Å². The number of hydrogen-bond donors (Lipinski definition) is 7. The van der Waals surface area contributed by atoms with Crippen molar-refractivity contribution in [1.82, 2.24) is 0 Å². The van der Waals surface area contributed by atoms with Crippen LogP contribution in [-0.4, -0.2) is 35.7 Å². The predicted octanol–water partition coefficient (Wildman–Crippen LogP) is 4.78. The van der Waals surface area contributed by atoms with Crippen molar-refractivity contribution in [2.24, 2.45) is 0 Å². The van der Waals surface area contributed by atoms with E-state index < -0.39 is 17.8 Å². The first-order valence-electron chi connectivity index (χ1n) is 11.2. The fourth-order valence-electron chi connectivity index (χ4n) is 6.24. The molecule has 0 radical (unpaired) electrons. The number of benzene rings is 4. The number of phenols is 7. The van der Waals surface area contributed by atoms with Gasteiger partial charge in [0.2, 0.25) is 0 Å². The van der Waals surface area contributed by atoms with Gasteiger partial charge in [-0.05, 0) is 47.0 Å². The molecule has 0 saturated carbocycles. The largest absolute Gasteiger partial charge is 0.508 e. The summed E-state index contributed by atoms with van der Waals surface area (Å²) in [7, 11) is 0. The Kier molecular flexibility index (Phi) is 4.35. The molecule has 0 amide bonds. The third kappa shape index (κ3) is 2.98. The molecule has 7 N–H and O–H groups in total. The minimum absolute atomic E-state index is 0.0957. The van der Waals surface area contributed by atoms with Gasteiger partial charge in [0.15, 0.2) is 0 Å². The summed E-state index contributed by atoms with van der Waals surface area (Å²) in [5.74, 6) is -2.64. The molecule has 0 spiro atoms. The zero-order chi connectivity index (χ0) is 24.6. The molecule has 0 aliphatic heterocycles. The van der Waals surface area contributed by atoms with Gasteiger partial charge in [-0.15, -0.1) is 0 Å². The number of hydrogen-bond acceptors (Lipinski definition) is 7. The van der Waals surface area contributed by atoms with E-state index in [1.54, 1.807) is 42.5 Å². The lowest BCUT2D eigenvalue weighted by molar-refractivity contribution is 0.396. The Labute approximate surface area is 200 Å². The average Bonchev–Trinajstić information content (AvgIpc) is 3.05. The molecule has 2 aliphatic rings. The zero-order valence-corrected chi connectivity index (χ0v) is 18.3. The van der Waals surface area contributed by atoms with Gasteiger partial charge in [0.1, 0.15) is 40.2 Å². The molecule has 35 heavy (non-hydrogen) atoms. The summed E-state index contributed by atoms with van der Waals surface area (Å²) in [6.07, 6.45) is 0. The van der Waals surface area contributed by atoms with Crippen LogP contribution in [-0.2, 0) is 0 Å². The molecular formula is C28H22O7. The van der Waals surface area contributed by atoms with Crippen LogP contribution in [0.1, 0.15) is 57.1 Å². The van der Waals surface area contributed by atoms with Crippen LogP contribution in [0.3, 0.4) is 0 Å². The SMILES string of the molecule is Oc1ccc([C@@H]2[C@@H]3c4cc(O)cc(O)c4[C@@H](c4ccc(O)cc4O)[C@H]2c2cc(O)cc(O)c23)cc1. The highest BCUT2D eigenvalue weighted by Crippen LogP contribution is 2.69. The van der Waals surface area contributed by atoms with Crippen LogP contribution in [0.2, 0.25) is 0 Å². The zero-order valence-electron chi connectivity index (χ0n) is 18.3. The Balaban J connectivity index is 1.74. The van der Waals surface area contributed by atoms with Crippen molar-refractivity contribution in [3.8, 4) is 40.2 Å². The van der Waals surface area contributed by atoms with Crippen LogP contribution in [0, 0.1) is 0 Å². The first kappa shape index (κ1) is 21.0. The van der Waals surface area contributed by atoms with Crippen LogP contribution >= 0.6 is 0 Å². The smallest absolute Gasteiger partial charge is 0.123 e. The van der Waals surface area contributed by atoms with Crippen LogP contribution in [0.15, 0.2) is 66.7 Å². The maximum atomic E-state index is 11.0. The minimum atomic E-state index is -0.649. The lowest BCUT2D eigenvalue weighted by Crippen LogP contribution is -2.26. The van der Waals surface area contributed by atoms with Gasteiger partial charge in [0.25, 0.3) is 0 Å². The molecule has 2 aliphatic carbocycles. The van der Waals surface area contributed by atoms with Crippen molar-refractivity contribution >= 4 is 0 Å². The van der Waals surface area contributed by atoms with Crippen LogP contribution in [0.4, 0.5) is 0 Å². The standard InChI is InChI=1S/C28H22O7/c29-13-3-1-12(2-4-13)23-27-18-7-15(31)10-21(34)24(18)26(17-6-5-14(30)9-20(17)33)28(23)19-8-16(32)11-22(35)25(19)27/h1-11,23,26-35H/t23-,26-,27+,28+/m1/s1. The maximum absolute atomic E-state index is 11.0. The topological polar surface area (TPSA) is 142 Å². The second-order valence-electron chi connectivity index (χ2n) is 9.28. The van der Waals surface area contributed by atoms with E-state index in [1.807, 2.05) is 0 Å². The summed E-state index contributed by atoms with van der Waals surface area (Å²) in [6.45, 7) is 0. The van der Waals surface area contributed by atoms with Gasteiger partial charge >= 0.3 is 0 Å². The summed E-state index contributed by atoms with van der Waals surface area (Å²) in [4.78, 5) is 0. The molecule has 0 heterocycles. The number of aromatic hydroxyl groups is 7. The monoisotopic (exact) mass is 470 g/mol. The third-order valence-corrected chi connectivity index (χ3v) is 7.40. The second kappa shape index (κ2) is 7.24. The molecule has 2 bridgehead atoms. The van der Waals surface area contributed by atoms with E-state index in [1.165, 1.54) is 24.3 Å². The molecule has 7 heteroatoms. The molecular weight excluding hydrogens is 448 g/mol. The summed E-state index contributed by atoms with van der Waals surface area (Å²) in [6, 6.07) is 16.6. The summed E-state index contributed by atoms with van der Waals surface area (Å²) >= 11 is 0. The molecule has 4 aromatic carbocycles. The fourth-order valence-corrected chi connectivity index (χ4v) is 6.24. The van der Waals surface area contributed by atoms with Gasteiger partial charge in [0, 0.05) is 58.6 Å². The molecule has 0 saturated heterocycles. The number of phenolic OH excluding ortho intramolecular Hbond substituents is 7. The van der Waals surface area contributed by atoms with Crippen molar-refractivity contribution in [3.05, 3.63) is 100 Å². The first-order chi connectivity index (χ1) is 16.7. The molecule has 4 aromatic rings. The van der Waals surface area contributed by atoms with Gasteiger partial charge in [-0.1, -0.05) is 18.2 Å². The van der Waals surface area contributed by atoms with E-state index in [2.05, 4.69) is 0 Å². The number of fused-ring (bicyclic) bond motifs is 7. The van der Waals surface area contributed by atoms with E-state index in [0.29, 0.717) is 27.8 Å². The van der Waals surface area contributed by atoms with Crippen molar-refractivity contribution in [2.45, 2.75) is 23.7 Å². The Hall–Kier alpha value is -4.52. The second-order valence-corrected chi connectivity index (χ2v) is 9.28. The maximum Gasteiger partial charge on any atom is 0.123 e. The minimum Gasteiger partial charge on any atom is -0.508 e. The van der Waals surface area contributed by atoms with Crippen LogP contribution in [0.5, 0.6) is 40.2 Å². The molecule has 4 atom stereocenters. The van der Waals surface area contributed by atoms with E-state index in [0.717, 1.165) is 5.56 Å². The van der Waals surface area contributed by atoms with Crippen molar-refractivity contribution in [1.29, 1.82) is 0 Å². The lowest BCUT2D eigenvalue weighted by atomic mass is 9.63. The summed E-state index contributed by atoms with van der Waals surface area (Å²) in [5.41, 5.74) is 3.56. The summed E-state index contributed by atoms with van der Waals surface area (Å²) < 4.78 is 0. The molecule has 0 aromatic heterocycles. The summed E-state index contributed by atoms with van der Waals surface area (Å²) in [5, 5.41) is 73.5. The van der Waals surface area contributed by atoms with E-state index in [9.17, 15) is 35.7 Å². The van der Waals surface area contributed by atoms with Gasteiger partial charge in [0.05, 0.1) is 0 Å². The Morgan fingerprint density at radius 2 is 0.914 bits per heavy atom. The highest BCUT2D eigenvalue weighted by atomic mass is 16.3. The van der Waals surface area contributed by atoms with Crippen molar-refractivity contribution in [3.63, 3.8) is 0 Å². The van der Waals surface area contributed by atoms with Crippen LogP contribution in [0.25, 0.3) is 0 Å². The van der Waals surface area contributed by atoms with Gasteiger partial charge in [-0.3, -0.25) is 0 Å². The van der Waals surface area contributed by atoms with E-state index in [4.69, 9.17) is 0 Å². The molecule has 7 nitrogen and oxygen atoms in total. The van der Waals surface area contributed by atoms with E-state index in [-0.39, 0.29) is 46.2 Å². The molecule has 0 fully saturated rings. The third-order valence-electron chi connectivity index (χ3n) is 7.40. The highest BCUT2D eigenvalue weighted by molar-refractivity contribution is 5.69.